The molecule has 164 valence electrons. The van der Waals surface area contributed by atoms with E-state index in [0.29, 0.717) is 29.2 Å². The van der Waals surface area contributed by atoms with Crippen LogP contribution in [0.2, 0.25) is 0 Å². The summed E-state index contributed by atoms with van der Waals surface area (Å²) in [6.45, 7) is 2.20. The van der Waals surface area contributed by atoms with E-state index in [0.717, 1.165) is 16.0 Å². The van der Waals surface area contributed by atoms with Gasteiger partial charge in [-0.05, 0) is 41.3 Å². The van der Waals surface area contributed by atoms with Crippen LogP contribution in [0.5, 0.6) is 5.75 Å². The summed E-state index contributed by atoms with van der Waals surface area (Å²) in [6.07, 6.45) is 0. The average molecular weight is 439 g/mol. The van der Waals surface area contributed by atoms with Crippen molar-refractivity contribution in [2.45, 2.75) is 18.3 Å². The third kappa shape index (κ3) is 2.25. The Labute approximate surface area is 190 Å². The molecule has 3 aromatic rings. The van der Waals surface area contributed by atoms with Crippen molar-refractivity contribution >= 4 is 23.5 Å². The molecule has 6 nitrogen and oxygen atoms in total. The first-order chi connectivity index (χ1) is 16.0. The Morgan fingerprint density at radius 1 is 0.909 bits per heavy atom. The van der Waals surface area contributed by atoms with Crippen LogP contribution in [0, 0.1) is 11.8 Å². The number of amides is 2. The average Bonchev–Trinajstić information content (AvgIpc) is 3.10. The molecule has 3 aromatic carbocycles. The second kappa shape index (κ2) is 6.78. The van der Waals surface area contributed by atoms with Crippen molar-refractivity contribution in [2.24, 2.45) is 11.8 Å². The van der Waals surface area contributed by atoms with Gasteiger partial charge in [0.2, 0.25) is 11.8 Å². The van der Waals surface area contributed by atoms with Crippen LogP contribution in [0.15, 0.2) is 72.8 Å². The fraction of sp³-hybridized carbons (Fsp3) is 0.222. The van der Waals surface area contributed by atoms with E-state index >= 15 is 0 Å². The molecule has 0 aromatic heterocycles. The molecule has 0 radical (unpaired) electrons. The lowest BCUT2D eigenvalue weighted by molar-refractivity contribution is -0.149. The lowest BCUT2D eigenvalue weighted by Gasteiger charge is -2.51. The molecule has 1 saturated heterocycles. The summed E-state index contributed by atoms with van der Waals surface area (Å²) in [5.41, 5.74) is 1.54. The summed E-state index contributed by atoms with van der Waals surface area (Å²) < 4.78 is 5.70. The molecule has 7 rings (SSSR count). The van der Waals surface area contributed by atoms with E-state index in [-0.39, 0.29) is 11.8 Å². The van der Waals surface area contributed by atoms with Gasteiger partial charge in [0.1, 0.15) is 11.2 Å². The second-order valence-electron chi connectivity index (χ2n) is 8.68. The Bertz CT molecular complexity index is 1300. The van der Waals surface area contributed by atoms with Gasteiger partial charge in [-0.15, -0.1) is 0 Å². The van der Waals surface area contributed by atoms with Gasteiger partial charge in [0, 0.05) is 5.92 Å². The molecule has 1 fully saturated rings. The SMILES string of the molecule is CCOc1ccccc1N1C(=O)[C@@H]2[C@@H](C1=O)C1c3ccccc3C2(C(=O)O)c2ccccc21. The standard InChI is InChI=1S/C27H21NO5/c1-2-33-20-14-8-7-13-19(20)28-24(29)22-21-15-9-3-5-11-17(15)27(26(31)32,23(22)25(28)30)18-12-6-4-10-16(18)21/h3-14,21-23H,2H2,1H3,(H,31,32)/t21?,22-,23-,27?/m0/s1. The van der Waals surface area contributed by atoms with E-state index < -0.39 is 29.1 Å². The zero-order chi connectivity index (χ0) is 22.9. The number of ether oxygens (including phenoxy) is 1. The first-order valence-electron chi connectivity index (χ1n) is 11.0. The van der Waals surface area contributed by atoms with Crippen molar-refractivity contribution in [3.63, 3.8) is 0 Å². The third-order valence-corrected chi connectivity index (χ3v) is 7.36. The Balaban J connectivity index is 1.64. The van der Waals surface area contributed by atoms with Gasteiger partial charge in [0.05, 0.1) is 24.1 Å². The van der Waals surface area contributed by atoms with Crippen molar-refractivity contribution < 1.29 is 24.2 Å². The summed E-state index contributed by atoms with van der Waals surface area (Å²) in [5, 5.41) is 10.7. The number of carboxylic acid groups (broad SMARTS) is 1. The van der Waals surface area contributed by atoms with E-state index in [4.69, 9.17) is 4.74 Å². The first kappa shape index (κ1) is 19.7. The minimum atomic E-state index is -1.63. The number of aliphatic carboxylic acids is 1. The number of nitrogens with zero attached hydrogens (tertiary/aromatic N) is 1. The topological polar surface area (TPSA) is 83.9 Å². The van der Waals surface area contributed by atoms with E-state index in [1.807, 2.05) is 31.2 Å². The summed E-state index contributed by atoms with van der Waals surface area (Å²) in [5.74, 6) is -3.78. The molecular formula is C27H21NO5. The lowest BCUT2D eigenvalue weighted by atomic mass is 9.47. The minimum absolute atomic E-state index is 0.358. The van der Waals surface area contributed by atoms with Crippen molar-refractivity contribution in [1.29, 1.82) is 0 Å². The van der Waals surface area contributed by atoms with Crippen LogP contribution >= 0.6 is 0 Å². The Morgan fingerprint density at radius 3 is 2.09 bits per heavy atom. The maximum atomic E-state index is 14.0. The lowest BCUT2D eigenvalue weighted by Crippen LogP contribution is -2.57. The van der Waals surface area contributed by atoms with Gasteiger partial charge in [0.25, 0.3) is 0 Å². The van der Waals surface area contributed by atoms with Gasteiger partial charge >= 0.3 is 5.97 Å². The minimum Gasteiger partial charge on any atom is -0.492 e. The van der Waals surface area contributed by atoms with Crippen LogP contribution in [0.1, 0.15) is 35.1 Å². The number of carbonyl (C=O) groups excluding carboxylic acids is 2. The normalized spacial score (nSPS) is 26.6. The molecule has 2 atom stereocenters. The smallest absolute Gasteiger partial charge is 0.319 e. The van der Waals surface area contributed by atoms with Crippen LogP contribution < -0.4 is 9.64 Å². The van der Waals surface area contributed by atoms with Crippen LogP contribution in [0.3, 0.4) is 0 Å². The monoisotopic (exact) mass is 439 g/mol. The molecule has 0 spiro atoms. The molecule has 6 heteroatoms. The Hall–Kier alpha value is -3.93. The maximum Gasteiger partial charge on any atom is 0.319 e. The van der Waals surface area contributed by atoms with Gasteiger partial charge in [-0.3, -0.25) is 14.4 Å². The number of hydrogen-bond donors (Lipinski definition) is 1. The summed E-state index contributed by atoms with van der Waals surface area (Å²) in [6, 6.07) is 21.6. The van der Waals surface area contributed by atoms with E-state index in [9.17, 15) is 19.5 Å². The highest BCUT2D eigenvalue weighted by molar-refractivity contribution is 6.25. The largest absolute Gasteiger partial charge is 0.492 e. The Kier molecular flexibility index (Phi) is 4.06. The number of para-hydroxylation sites is 2. The number of hydrogen-bond acceptors (Lipinski definition) is 4. The molecule has 1 aliphatic heterocycles. The Morgan fingerprint density at radius 2 is 1.48 bits per heavy atom. The number of carboxylic acids is 1. The highest BCUT2D eigenvalue weighted by Crippen LogP contribution is 2.64. The molecule has 2 amide bonds. The molecule has 3 aliphatic carbocycles. The maximum absolute atomic E-state index is 14.0. The number of carbonyl (C=O) groups is 3. The molecule has 0 saturated carbocycles. The number of rotatable bonds is 4. The fourth-order valence-electron chi connectivity index (χ4n) is 6.29. The van der Waals surface area contributed by atoms with Crippen LogP contribution in [0.25, 0.3) is 0 Å². The second-order valence-corrected chi connectivity index (χ2v) is 8.68. The number of anilines is 1. The summed E-state index contributed by atoms with van der Waals surface area (Å²) in [7, 11) is 0. The predicted octanol–water partition coefficient (Wildman–Crippen LogP) is 3.72. The quantitative estimate of drug-likeness (QED) is 0.627. The number of imide groups is 1. The fourth-order valence-corrected chi connectivity index (χ4v) is 6.29. The van der Waals surface area contributed by atoms with Crippen molar-refractivity contribution in [2.75, 3.05) is 11.5 Å². The third-order valence-electron chi connectivity index (χ3n) is 7.36. The van der Waals surface area contributed by atoms with E-state index in [1.54, 1.807) is 48.5 Å². The summed E-state index contributed by atoms with van der Waals surface area (Å²) in [4.78, 5) is 42.3. The van der Waals surface area contributed by atoms with Crippen LogP contribution in [-0.2, 0) is 19.8 Å². The van der Waals surface area contributed by atoms with Crippen LogP contribution in [0.4, 0.5) is 5.69 Å². The van der Waals surface area contributed by atoms with Crippen molar-refractivity contribution in [3.05, 3.63) is 95.1 Å². The zero-order valence-electron chi connectivity index (χ0n) is 17.9. The van der Waals surface area contributed by atoms with Gasteiger partial charge in [-0.1, -0.05) is 60.7 Å². The summed E-state index contributed by atoms with van der Waals surface area (Å²) >= 11 is 0. The molecular weight excluding hydrogens is 418 g/mol. The van der Waals surface area contributed by atoms with E-state index in [1.165, 1.54) is 0 Å². The van der Waals surface area contributed by atoms with Crippen molar-refractivity contribution in [1.82, 2.24) is 0 Å². The van der Waals surface area contributed by atoms with E-state index in [2.05, 4.69) is 0 Å². The van der Waals surface area contributed by atoms with Gasteiger partial charge < -0.3 is 9.84 Å². The zero-order valence-corrected chi connectivity index (χ0v) is 17.9. The predicted molar refractivity (Wildman–Crippen MR) is 120 cm³/mol. The number of benzene rings is 3. The van der Waals surface area contributed by atoms with Gasteiger partial charge in [0.15, 0.2) is 0 Å². The highest BCUT2D eigenvalue weighted by Gasteiger charge is 2.71. The first-order valence-corrected chi connectivity index (χ1v) is 11.0. The van der Waals surface area contributed by atoms with Gasteiger partial charge in [-0.2, -0.15) is 0 Å². The molecule has 33 heavy (non-hydrogen) atoms. The van der Waals surface area contributed by atoms with Crippen LogP contribution in [-0.4, -0.2) is 29.5 Å². The van der Waals surface area contributed by atoms with Crippen molar-refractivity contribution in [3.8, 4) is 5.75 Å². The highest BCUT2D eigenvalue weighted by atomic mass is 16.5. The molecule has 4 aliphatic rings. The molecule has 1 N–H and O–H groups in total. The molecule has 2 bridgehead atoms. The van der Waals surface area contributed by atoms with Gasteiger partial charge in [-0.25, -0.2) is 4.90 Å². The molecule has 1 heterocycles. The molecule has 0 unspecified atom stereocenters.